The molecule has 3 amide bonds. The minimum atomic E-state index is -0.317. The van der Waals surface area contributed by atoms with Crippen LogP contribution in [0.15, 0.2) is 35.7 Å². The molecule has 0 aliphatic rings. The molecule has 0 aliphatic heterocycles. The average Bonchev–Trinajstić information content (AvgIpc) is 3.10. The predicted molar refractivity (Wildman–Crippen MR) is 112 cm³/mol. The van der Waals surface area contributed by atoms with Crippen LogP contribution in [0, 0.1) is 12.7 Å². The summed E-state index contributed by atoms with van der Waals surface area (Å²) in [6.07, 6.45) is 0. The summed E-state index contributed by atoms with van der Waals surface area (Å²) in [5, 5.41) is 1.99. The lowest BCUT2D eigenvalue weighted by Gasteiger charge is -2.29. The number of hydrogen-bond donors (Lipinski definition) is 0. The minimum absolute atomic E-state index is 0.0496. The molecule has 29 heavy (non-hydrogen) atoms. The van der Waals surface area contributed by atoms with Crippen LogP contribution in [-0.4, -0.2) is 67.5 Å². The molecular formula is C21H28FN3O3S. The van der Waals surface area contributed by atoms with Gasteiger partial charge in [-0.15, -0.1) is 11.3 Å². The van der Waals surface area contributed by atoms with E-state index in [1.54, 1.807) is 49.6 Å². The van der Waals surface area contributed by atoms with Crippen molar-refractivity contribution in [3.63, 3.8) is 0 Å². The van der Waals surface area contributed by atoms with Crippen LogP contribution in [-0.2, 0) is 22.6 Å². The van der Waals surface area contributed by atoms with Crippen LogP contribution in [0.25, 0.3) is 0 Å². The first-order valence-electron chi connectivity index (χ1n) is 9.32. The Hall–Kier alpha value is -2.45. The predicted octanol–water partition coefficient (Wildman–Crippen LogP) is 3.35. The van der Waals surface area contributed by atoms with Gasteiger partial charge in [0.2, 0.25) is 5.91 Å². The SMILES string of the molecule is COCCN(CC(=O)N(Cc1ccc(F)cc1)Cc1sccc1C)C(=O)N(C)C. The lowest BCUT2D eigenvalue weighted by molar-refractivity contribution is -0.133. The molecule has 0 bridgehead atoms. The quantitative estimate of drug-likeness (QED) is 0.624. The molecule has 8 heteroatoms. The molecule has 0 saturated carbocycles. The van der Waals surface area contributed by atoms with E-state index in [0.29, 0.717) is 26.2 Å². The van der Waals surface area contributed by atoms with Crippen LogP contribution in [0.5, 0.6) is 0 Å². The normalized spacial score (nSPS) is 10.7. The van der Waals surface area contributed by atoms with Crippen LogP contribution in [0.3, 0.4) is 0 Å². The number of rotatable bonds is 9. The highest BCUT2D eigenvalue weighted by Gasteiger charge is 2.23. The molecule has 0 unspecified atom stereocenters. The molecule has 0 radical (unpaired) electrons. The lowest BCUT2D eigenvalue weighted by Crippen LogP contribution is -2.47. The summed E-state index contributed by atoms with van der Waals surface area (Å²) < 4.78 is 18.3. The monoisotopic (exact) mass is 421 g/mol. The van der Waals surface area contributed by atoms with Gasteiger partial charge >= 0.3 is 6.03 Å². The number of carbonyl (C=O) groups excluding carboxylic acids is 2. The summed E-state index contributed by atoms with van der Waals surface area (Å²) in [5.74, 6) is -0.489. The minimum Gasteiger partial charge on any atom is -0.383 e. The maximum absolute atomic E-state index is 13.3. The molecule has 0 spiro atoms. The van der Waals surface area contributed by atoms with E-state index in [0.717, 1.165) is 16.0 Å². The summed E-state index contributed by atoms with van der Waals surface area (Å²) in [4.78, 5) is 31.3. The van der Waals surface area contributed by atoms with Crippen molar-refractivity contribution in [2.75, 3.05) is 40.9 Å². The molecular weight excluding hydrogens is 393 g/mol. The van der Waals surface area contributed by atoms with Crippen molar-refractivity contribution in [3.05, 3.63) is 57.5 Å². The summed E-state index contributed by atoms with van der Waals surface area (Å²) in [6.45, 7) is 3.40. The van der Waals surface area contributed by atoms with Gasteiger partial charge in [0.15, 0.2) is 0 Å². The highest BCUT2D eigenvalue weighted by molar-refractivity contribution is 7.10. The third-order valence-electron chi connectivity index (χ3n) is 4.49. The van der Waals surface area contributed by atoms with Crippen LogP contribution in [0.2, 0.25) is 0 Å². The third-order valence-corrected chi connectivity index (χ3v) is 5.49. The Morgan fingerprint density at radius 2 is 1.76 bits per heavy atom. The van der Waals surface area contributed by atoms with Gasteiger partial charge in [0.05, 0.1) is 13.2 Å². The molecule has 1 heterocycles. The van der Waals surface area contributed by atoms with Crippen LogP contribution in [0.4, 0.5) is 9.18 Å². The number of ether oxygens (including phenoxy) is 1. The van der Waals surface area contributed by atoms with Gasteiger partial charge in [-0.3, -0.25) is 4.79 Å². The van der Waals surface area contributed by atoms with E-state index >= 15 is 0 Å². The van der Waals surface area contributed by atoms with E-state index in [-0.39, 0.29) is 24.3 Å². The van der Waals surface area contributed by atoms with E-state index in [1.807, 2.05) is 18.4 Å². The van der Waals surface area contributed by atoms with Gasteiger partial charge in [0.25, 0.3) is 0 Å². The van der Waals surface area contributed by atoms with Crippen LogP contribution in [0.1, 0.15) is 16.0 Å². The van der Waals surface area contributed by atoms with Crippen molar-refractivity contribution in [1.29, 1.82) is 0 Å². The van der Waals surface area contributed by atoms with Crippen molar-refractivity contribution in [2.24, 2.45) is 0 Å². The van der Waals surface area contributed by atoms with E-state index in [2.05, 4.69) is 0 Å². The fourth-order valence-electron chi connectivity index (χ4n) is 2.77. The van der Waals surface area contributed by atoms with Gasteiger partial charge in [-0.05, 0) is 41.6 Å². The molecule has 2 rings (SSSR count). The van der Waals surface area contributed by atoms with Gasteiger partial charge < -0.3 is 19.4 Å². The van der Waals surface area contributed by atoms with Crippen molar-refractivity contribution >= 4 is 23.3 Å². The van der Waals surface area contributed by atoms with Crippen molar-refractivity contribution < 1.29 is 18.7 Å². The fourth-order valence-corrected chi connectivity index (χ4v) is 3.69. The van der Waals surface area contributed by atoms with Crippen LogP contribution < -0.4 is 0 Å². The molecule has 0 saturated heterocycles. The number of thiophene rings is 1. The third kappa shape index (κ3) is 6.83. The first-order chi connectivity index (χ1) is 13.8. The summed E-state index contributed by atoms with van der Waals surface area (Å²) >= 11 is 1.59. The van der Waals surface area contributed by atoms with Crippen molar-refractivity contribution in [2.45, 2.75) is 20.0 Å². The van der Waals surface area contributed by atoms with Crippen molar-refractivity contribution in [1.82, 2.24) is 14.7 Å². The number of urea groups is 1. The van der Waals surface area contributed by atoms with Gasteiger partial charge in [0, 0.05) is 39.2 Å². The fraction of sp³-hybridized carbons (Fsp3) is 0.429. The Balaban J connectivity index is 2.20. The first kappa shape index (κ1) is 22.8. The number of carbonyl (C=O) groups is 2. The molecule has 6 nitrogen and oxygen atoms in total. The maximum atomic E-state index is 13.3. The second-order valence-electron chi connectivity index (χ2n) is 6.99. The second kappa shape index (κ2) is 10.9. The standard InChI is InChI=1S/C21H28FN3O3S/c1-16-9-12-29-19(16)14-25(13-17-5-7-18(22)8-6-17)20(26)15-24(10-11-28-4)21(27)23(2)3/h5-9,12H,10-11,13-15H2,1-4H3. The number of nitrogens with zero attached hydrogens (tertiary/aromatic N) is 3. The Kier molecular flexibility index (Phi) is 8.60. The number of benzene rings is 1. The summed E-state index contributed by atoms with van der Waals surface area (Å²) in [6, 6.07) is 7.88. The van der Waals surface area contributed by atoms with E-state index in [4.69, 9.17) is 4.74 Å². The number of hydrogen-bond acceptors (Lipinski definition) is 4. The van der Waals surface area contributed by atoms with E-state index < -0.39 is 0 Å². The first-order valence-corrected chi connectivity index (χ1v) is 10.2. The van der Waals surface area contributed by atoms with Crippen molar-refractivity contribution in [3.8, 4) is 0 Å². The molecule has 0 atom stereocenters. The second-order valence-corrected chi connectivity index (χ2v) is 8.00. The molecule has 1 aromatic carbocycles. The van der Waals surface area contributed by atoms with Gasteiger partial charge in [-0.1, -0.05) is 12.1 Å². The van der Waals surface area contributed by atoms with E-state index in [1.165, 1.54) is 21.9 Å². The maximum Gasteiger partial charge on any atom is 0.320 e. The van der Waals surface area contributed by atoms with Gasteiger partial charge in [0.1, 0.15) is 12.4 Å². The molecule has 0 fully saturated rings. The zero-order valence-corrected chi connectivity index (χ0v) is 18.2. The number of methoxy groups -OCH3 is 1. The Bertz CT molecular complexity index is 808. The summed E-state index contributed by atoms with van der Waals surface area (Å²) in [7, 11) is 4.86. The molecule has 1 aromatic heterocycles. The molecule has 0 N–H and O–H groups in total. The lowest BCUT2D eigenvalue weighted by atomic mass is 10.2. The van der Waals surface area contributed by atoms with Crippen LogP contribution >= 0.6 is 11.3 Å². The topological polar surface area (TPSA) is 53.1 Å². The Morgan fingerprint density at radius 3 is 2.31 bits per heavy atom. The highest BCUT2D eigenvalue weighted by Crippen LogP contribution is 2.20. The zero-order valence-electron chi connectivity index (χ0n) is 17.4. The van der Waals surface area contributed by atoms with E-state index in [9.17, 15) is 14.0 Å². The Labute approximate surface area is 175 Å². The largest absolute Gasteiger partial charge is 0.383 e. The van der Waals surface area contributed by atoms with Gasteiger partial charge in [-0.2, -0.15) is 0 Å². The Morgan fingerprint density at radius 1 is 1.07 bits per heavy atom. The number of halogens is 1. The average molecular weight is 422 g/mol. The zero-order chi connectivity index (χ0) is 21.4. The highest BCUT2D eigenvalue weighted by atomic mass is 32.1. The number of aryl methyl sites for hydroxylation is 1. The molecule has 0 aliphatic carbocycles. The molecule has 2 aromatic rings. The van der Waals surface area contributed by atoms with Gasteiger partial charge in [-0.25, -0.2) is 9.18 Å². The molecule has 158 valence electrons. The summed E-state index contributed by atoms with van der Waals surface area (Å²) in [5.41, 5.74) is 1.95. The number of amides is 3. The smallest absolute Gasteiger partial charge is 0.320 e.